The number of carbonyl (C=O) groups is 2. The fourth-order valence-electron chi connectivity index (χ4n) is 3.12. The Hall–Kier alpha value is -2.42. The molecule has 4 rings (SSSR count). The zero-order chi connectivity index (χ0) is 13.7. The fraction of sp³-hybridized carbons (Fsp3) is 0.176. The Labute approximate surface area is 116 Å². The first-order chi connectivity index (χ1) is 9.74. The smallest absolute Gasteiger partial charge is 0.236 e. The molecule has 1 aliphatic heterocycles. The minimum Gasteiger partial charge on any atom is -0.294 e. The molecule has 0 aromatic heterocycles. The van der Waals surface area contributed by atoms with Crippen molar-refractivity contribution in [3.8, 4) is 0 Å². The maximum Gasteiger partial charge on any atom is 0.236 e. The minimum atomic E-state index is 0.0716. The number of Topliss-reactive ketones (excluding diaryl/α,β-unsaturated/α-hetero) is 1. The maximum absolute atomic E-state index is 12.3. The van der Waals surface area contributed by atoms with Crippen LogP contribution in [-0.4, -0.2) is 11.7 Å². The van der Waals surface area contributed by atoms with Crippen LogP contribution < -0.4 is 4.90 Å². The lowest BCUT2D eigenvalue weighted by molar-refractivity contribution is -0.116. The number of hydrogen-bond acceptors (Lipinski definition) is 2. The van der Waals surface area contributed by atoms with E-state index in [4.69, 9.17) is 0 Å². The number of nitrogens with zero attached hydrogens (tertiary/aromatic N) is 1. The molecule has 1 amide bonds. The molecular formula is C17H13NO2. The molecule has 98 valence electrons. The number of aryl methyl sites for hydroxylation is 1. The Bertz CT molecular complexity index is 734. The quantitative estimate of drug-likeness (QED) is 0.793. The highest BCUT2D eigenvalue weighted by atomic mass is 16.2. The molecule has 1 aliphatic carbocycles. The van der Waals surface area contributed by atoms with E-state index < -0.39 is 0 Å². The van der Waals surface area contributed by atoms with Crippen LogP contribution in [0.15, 0.2) is 42.5 Å². The Morgan fingerprint density at radius 2 is 1.70 bits per heavy atom. The molecule has 2 aromatic carbocycles. The average molecular weight is 263 g/mol. The van der Waals surface area contributed by atoms with Gasteiger partial charge < -0.3 is 0 Å². The van der Waals surface area contributed by atoms with Gasteiger partial charge in [0.05, 0.1) is 12.1 Å². The molecule has 2 aliphatic rings. The van der Waals surface area contributed by atoms with Gasteiger partial charge in [0.2, 0.25) is 5.91 Å². The molecule has 0 fully saturated rings. The van der Waals surface area contributed by atoms with Gasteiger partial charge in [-0.1, -0.05) is 24.3 Å². The third-order valence-electron chi connectivity index (χ3n) is 4.07. The molecule has 0 N–H and O–H groups in total. The second-order valence-electron chi connectivity index (χ2n) is 5.30. The van der Waals surface area contributed by atoms with Gasteiger partial charge in [-0.05, 0) is 35.7 Å². The van der Waals surface area contributed by atoms with E-state index in [1.54, 1.807) is 4.90 Å². The van der Waals surface area contributed by atoms with Gasteiger partial charge in [0.25, 0.3) is 0 Å². The standard InChI is InChI=1S/C17H13NO2/c19-16-7-6-11-8-12-9-17(20)18(15(12)10-14(11)16)13-4-2-1-3-5-13/h1-5,8,10H,6-7,9H2. The predicted molar refractivity (Wildman–Crippen MR) is 76.4 cm³/mol. The fourth-order valence-corrected chi connectivity index (χ4v) is 3.12. The van der Waals surface area contributed by atoms with Crippen molar-refractivity contribution >= 4 is 23.1 Å². The summed E-state index contributed by atoms with van der Waals surface area (Å²) in [6, 6.07) is 13.5. The van der Waals surface area contributed by atoms with E-state index in [1.165, 1.54) is 0 Å². The normalized spacial score (nSPS) is 16.5. The Morgan fingerprint density at radius 3 is 2.50 bits per heavy atom. The van der Waals surface area contributed by atoms with Crippen LogP contribution in [0.3, 0.4) is 0 Å². The molecule has 0 unspecified atom stereocenters. The zero-order valence-corrected chi connectivity index (χ0v) is 10.9. The van der Waals surface area contributed by atoms with Crippen molar-refractivity contribution in [2.75, 3.05) is 4.90 Å². The summed E-state index contributed by atoms with van der Waals surface area (Å²) in [5, 5.41) is 0. The molecule has 0 saturated carbocycles. The molecule has 0 bridgehead atoms. The average Bonchev–Trinajstić information content (AvgIpc) is 2.97. The first kappa shape index (κ1) is 11.4. The minimum absolute atomic E-state index is 0.0716. The second kappa shape index (κ2) is 4.04. The van der Waals surface area contributed by atoms with Gasteiger partial charge in [0.1, 0.15) is 0 Å². The van der Waals surface area contributed by atoms with Crippen molar-refractivity contribution in [1.82, 2.24) is 0 Å². The van der Waals surface area contributed by atoms with E-state index in [1.807, 2.05) is 42.5 Å². The van der Waals surface area contributed by atoms with Crippen LogP contribution in [0.5, 0.6) is 0 Å². The summed E-state index contributed by atoms with van der Waals surface area (Å²) < 4.78 is 0. The molecule has 0 radical (unpaired) electrons. The lowest BCUT2D eigenvalue weighted by Gasteiger charge is -2.18. The number of rotatable bonds is 1. The number of benzene rings is 2. The van der Waals surface area contributed by atoms with Gasteiger partial charge in [0, 0.05) is 17.7 Å². The highest BCUT2D eigenvalue weighted by Crippen LogP contribution is 2.39. The van der Waals surface area contributed by atoms with Crippen molar-refractivity contribution in [2.24, 2.45) is 0 Å². The van der Waals surface area contributed by atoms with E-state index in [0.717, 1.165) is 34.5 Å². The first-order valence-corrected chi connectivity index (χ1v) is 6.81. The third-order valence-corrected chi connectivity index (χ3v) is 4.07. The summed E-state index contributed by atoms with van der Waals surface area (Å²) >= 11 is 0. The Kier molecular flexibility index (Phi) is 2.30. The molecule has 0 saturated heterocycles. The molecule has 0 atom stereocenters. The van der Waals surface area contributed by atoms with E-state index in [9.17, 15) is 9.59 Å². The van der Waals surface area contributed by atoms with Gasteiger partial charge in [0.15, 0.2) is 5.78 Å². The molecule has 0 spiro atoms. The summed E-state index contributed by atoms with van der Waals surface area (Å²) in [6.07, 6.45) is 1.82. The monoisotopic (exact) mass is 263 g/mol. The zero-order valence-electron chi connectivity index (χ0n) is 10.9. The summed E-state index contributed by atoms with van der Waals surface area (Å²) in [7, 11) is 0. The van der Waals surface area contributed by atoms with Crippen molar-refractivity contribution in [3.63, 3.8) is 0 Å². The maximum atomic E-state index is 12.3. The SMILES string of the molecule is O=C1CCc2cc3c(cc21)N(c1ccccc1)C(=O)C3. The molecule has 2 aromatic rings. The van der Waals surface area contributed by atoms with Crippen molar-refractivity contribution in [1.29, 1.82) is 0 Å². The largest absolute Gasteiger partial charge is 0.294 e. The summed E-state index contributed by atoms with van der Waals surface area (Å²) in [4.78, 5) is 25.9. The molecule has 3 nitrogen and oxygen atoms in total. The van der Waals surface area contributed by atoms with Crippen LogP contribution in [0.2, 0.25) is 0 Å². The first-order valence-electron chi connectivity index (χ1n) is 6.81. The number of amides is 1. The van der Waals surface area contributed by atoms with Crippen molar-refractivity contribution in [3.05, 3.63) is 59.2 Å². The number of ketones is 1. The third kappa shape index (κ3) is 1.53. The highest BCUT2D eigenvalue weighted by Gasteiger charge is 2.32. The van der Waals surface area contributed by atoms with Crippen LogP contribution in [0.1, 0.15) is 27.9 Å². The Morgan fingerprint density at radius 1 is 0.900 bits per heavy atom. The summed E-state index contributed by atoms with van der Waals surface area (Å²) in [5.41, 5.74) is 4.65. The summed E-state index contributed by atoms with van der Waals surface area (Å²) in [6.45, 7) is 0. The highest BCUT2D eigenvalue weighted by molar-refractivity contribution is 6.10. The van der Waals surface area contributed by atoms with Gasteiger partial charge in [-0.2, -0.15) is 0 Å². The van der Waals surface area contributed by atoms with Crippen LogP contribution >= 0.6 is 0 Å². The molecule has 3 heteroatoms. The van der Waals surface area contributed by atoms with E-state index in [2.05, 4.69) is 0 Å². The van der Waals surface area contributed by atoms with Crippen LogP contribution in [0.25, 0.3) is 0 Å². The van der Waals surface area contributed by atoms with Gasteiger partial charge in [-0.15, -0.1) is 0 Å². The second-order valence-corrected chi connectivity index (χ2v) is 5.30. The Balaban J connectivity index is 1.89. The molecular weight excluding hydrogens is 250 g/mol. The van der Waals surface area contributed by atoms with Crippen LogP contribution in [0.4, 0.5) is 11.4 Å². The van der Waals surface area contributed by atoms with Crippen molar-refractivity contribution < 1.29 is 9.59 Å². The number of carbonyl (C=O) groups excluding carboxylic acids is 2. The lowest BCUT2D eigenvalue weighted by atomic mass is 10.0. The number of anilines is 2. The van der Waals surface area contributed by atoms with Crippen molar-refractivity contribution in [2.45, 2.75) is 19.3 Å². The number of fused-ring (bicyclic) bond motifs is 2. The van der Waals surface area contributed by atoms with E-state index in [-0.39, 0.29) is 11.7 Å². The number of para-hydroxylation sites is 1. The number of hydrogen-bond donors (Lipinski definition) is 0. The topological polar surface area (TPSA) is 37.4 Å². The van der Waals surface area contributed by atoms with Crippen LogP contribution in [0, 0.1) is 0 Å². The van der Waals surface area contributed by atoms with Gasteiger partial charge in [-0.25, -0.2) is 0 Å². The molecule has 1 heterocycles. The predicted octanol–water partition coefficient (Wildman–Crippen LogP) is 3.04. The molecule has 20 heavy (non-hydrogen) atoms. The van der Waals surface area contributed by atoms with Gasteiger partial charge >= 0.3 is 0 Å². The van der Waals surface area contributed by atoms with Gasteiger partial charge in [-0.3, -0.25) is 14.5 Å². The lowest BCUT2D eigenvalue weighted by Crippen LogP contribution is -2.20. The van der Waals surface area contributed by atoms with Crippen LogP contribution in [-0.2, 0) is 17.6 Å². The van der Waals surface area contributed by atoms with E-state index in [0.29, 0.717) is 12.8 Å². The van der Waals surface area contributed by atoms with E-state index >= 15 is 0 Å². The summed E-state index contributed by atoms with van der Waals surface area (Å²) in [5.74, 6) is 0.262.